The van der Waals surface area contributed by atoms with E-state index >= 15 is 0 Å². The molecule has 1 N–H and O–H groups in total. The van der Waals surface area contributed by atoms with Gasteiger partial charge < -0.3 is 19.5 Å². The van der Waals surface area contributed by atoms with Gasteiger partial charge in [0, 0.05) is 6.54 Å². The molecular formula is C20H24ClNO4. The highest BCUT2D eigenvalue weighted by molar-refractivity contribution is 6.32. The fourth-order valence-electron chi connectivity index (χ4n) is 2.37. The lowest BCUT2D eigenvalue weighted by molar-refractivity contribution is -0.127. The van der Waals surface area contributed by atoms with E-state index in [-0.39, 0.29) is 5.91 Å². The predicted octanol–water partition coefficient (Wildman–Crippen LogP) is 4.14. The van der Waals surface area contributed by atoms with Crippen molar-refractivity contribution in [2.45, 2.75) is 33.4 Å². The first-order valence-corrected chi connectivity index (χ1v) is 8.82. The van der Waals surface area contributed by atoms with Crippen LogP contribution >= 0.6 is 11.6 Å². The van der Waals surface area contributed by atoms with Gasteiger partial charge in [-0.25, -0.2) is 0 Å². The molecule has 26 heavy (non-hydrogen) atoms. The van der Waals surface area contributed by atoms with E-state index in [0.717, 1.165) is 11.1 Å². The minimum atomic E-state index is -0.613. The van der Waals surface area contributed by atoms with Crippen LogP contribution in [0.15, 0.2) is 36.4 Å². The Morgan fingerprint density at radius 2 is 1.92 bits per heavy atom. The molecule has 6 heteroatoms. The van der Waals surface area contributed by atoms with E-state index in [4.69, 9.17) is 25.8 Å². The first kappa shape index (κ1) is 19.9. The summed E-state index contributed by atoms with van der Waals surface area (Å²) < 4.78 is 16.5. The molecule has 0 heterocycles. The van der Waals surface area contributed by atoms with Gasteiger partial charge >= 0.3 is 0 Å². The summed E-state index contributed by atoms with van der Waals surface area (Å²) in [5.74, 6) is 1.48. The Hall–Kier alpha value is -2.40. The van der Waals surface area contributed by atoms with E-state index in [2.05, 4.69) is 5.32 Å². The van der Waals surface area contributed by atoms with Crippen molar-refractivity contribution in [3.8, 4) is 17.2 Å². The van der Waals surface area contributed by atoms with Crippen molar-refractivity contribution in [2.24, 2.45) is 0 Å². The lowest BCUT2D eigenvalue weighted by Crippen LogP contribution is -2.35. The molecule has 1 amide bonds. The van der Waals surface area contributed by atoms with Crippen molar-refractivity contribution >= 4 is 17.5 Å². The monoisotopic (exact) mass is 377 g/mol. The van der Waals surface area contributed by atoms with E-state index in [1.807, 2.05) is 38.1 Å². The van der Waals surface area contributed by atoms with Crippen LogP contribution in [0, 0.1) is 6.92 Å². The third-order valence-corrected chi connectivity index (χ3v) is 4.03. The first-order valence-electron chi connectivity index (χ1n) is 8.44. The number of hydrogen-bond donors (Lipinski definition) is 1. The Labute approximate surface area is 159 Å². The van der Waals surface area contributed by atoms with Gasteiger partial charge in [0.25, 0.3) is 5.91 Å². The van der Waals surface area contributed by atoms with Crippen LogP contribution in [0.25, 0.3) is 0 Å². The molecule has 0 saturated heterocycles. The van der Waals surface area contributed by atoms with Crippen LogP contribution in [0.2, 0.25) is 5.02 Å². The van der Waals surface area contributed by atoms with Gasteiger partial charge in [-0.1, -0.05) is 29.3 Å². The second kappa shape index (κ2) is 9.34. The van der Waals surface area contributed by atoms with Crippen molar-refractivity contribution in [2.75, 3.05) is 13.7 Å². The summed E-state index contributed by atoms with van der Waals surface area (Å²) in [6.07, 6.45) is -0.613. The fourth-order valence-corrected chi connectivity index (χ4v) is 2.65. The van der Waals surface area contributed by atoms with Crippen LogP contribution < -0.4 is 19.5 Å². The van der Waals surface area contributed by atoms with Gasteiger partial charge in [-0.15, -0.1) is 0 Å². The van der Waals surface area contributed by atoms with Crippen molar-refractivity contribution in [3.63, 3.8) is 0 Å². The van der Waals surface area contributed by atoms with Gasteiger partial charge in [-0.2, -0.15) is 0 Å². The van der Waals surface area contributed by atoms with Crippen LogP contribution in [0.5, 0.6) is 17.2 Å². The third-order valence-electron chi connectivity index (χ3n) is 3.75. The summed E-state index contributed by atoms with van der Waals surface area (Å²) in [6.45, 7) is 6.37. The Morgan fingerprint density at radius 1 is 1.23 bits per heavy atom. The molecule has 140 valence electrons. The standard InChI is InChI=1S/C20H24ClNO4/c1-5-25-19-17(21)10-15(11-18(19)24-4)12-22-20(23)14(3)26-16-8-6-13(2)7-9-16/h6-11,14H,5,12H2,1-4H3,(H,22,23). The zero-order valence-corrected chi connectivity index (χ0v) is 16.2. The Balaban J connectivity index is 1.97. The average molecular weight is 378 g/mol. The first-order chi connectivity index (χ1) is 12.4. The predicted molar refractivity (Wildman–Crippen MR) is 102 cm³/mol. The maximum absolute atomic E-state index is 12.3. The minimum absolute atomic E-state index is 0.213. The summed E-state index contributed by atoms with van der Waals surface area (Å²) in [4.78, 5) is 12.3. The van der Waals surface area contributed by atoms with Crippen LogP contribution in [-0.2, 0) is 11.3 Å². The molecule has 1 unspecified atom stereocenters. The van der Waals surface area contributed by atoms with Gasteiger partial charge in [0.15, 0.2) is 17.6 Å². The largest absolute Gasteiger partial charge is 0.493 e. The zero-order valence-electron chi connectivity index (χ0n) is 15.5. The van der Waals surface area contributed by atoms with Crippen LogP contribution in [0.3, 0.4) is 0 Å². The SMILES string of the molecule is CCOc1c(Cl)cc(CNC(=O)C(C)Oc2ccc(C)cc2)cc1OC. The molecule has 2 aromatic rings. The molecule has 5 nitrogen and oxygen atoms in total. The molecule has 0 spiro atoms. The Morgan fingerprint density at radius 3 is 2.54 bits per heavy atom. The number of rotatable bonds is 8. The fraction of sp³-hybridized carbons (Fsp3) is 0.350. The molecule has 0 aliphatic heterocycles. The molecule has 2 rings (SSSR count). The van der Waals surface area contributed by atoms with Crippen molar-refractivity contribution in [1.29, 1.82) is 0 Å². The zero-order chi connectivity index (χ0) is 19.1. The summed E-state index contributed by atoms with van der Waals surface area (Å²) in [7, 11) is 1.55. The average Bonchev–Trinajstić information content (AvgIpc) is 2.63. The number of halogens is 1. The van der Waals surface area contributed by atoms with Crippen LogP contribution in [-0.4, -0.2) is 25.7 Å². The van der Waals surface area contributed by atoms with Gasteiger partial charge in [0.05, 0.1) is 18.7 Å². The minimum Gasteiger partial charge on any atom is -0.493 e. The number of nitrogens with one attached hydrogen (secondary N) is 1. The quantitative estimate of drug-likeness (QED) is 0.751. The molecule has 1 atom stereocenters. The number of amides is 1. The molecule has 0 aliphatic carbocycles. The lowest BCUT2D eigenvalue weighted by atomic mass is 10.2. The van der Waals surface area contributed by atoms with Crippen molar-refractivity contribution < 1.29 is 19.0 Å². The smallest absolute Gasteiger partial charge is 0.261 e. The number of benzene rings is 2. The molecule has 0 aliphatic rings. The normalized spacial score (nSPS) is 11.6. The molecule has 0 radical (unpaired) electrons. The highest BCUT2D eigenvalue weighted by Gasteiger charge is 2.16. The number of aryl methyl sites for hydroxylation is 1. The molecule has 0 aromatic heterocycles. The Bertz CT molecular complexity index is 746. The summed E-state index contributed by atoms with van der Waals surface area (Å²) >= 11 is 6.25. The summed E-state index contributed by atoms with van der Waals surface area (Å²) in [5, 5.41) is 3.29. The van der Waals surface area contributed by atoms with Crippen molar-refractivity contribution in [3.05, 3.63) is 52.5 Å². The molecule has 2 aromatic carbocycles. The van der Waals surface area contributed by atoms with E-state index in [1.54, 1.807) is 26.2 Å². The maximum Gasteiger partial charge on any atom is 0.261 e. The molecule has 0 bridgehead atoms. The van der Waals surface area contributed by atoms with Crippen LogP contribution in [0.1, 0.15) is 25.0 Å². The topological polar surface area (TPSA) is 56.8 Å². The highest BCUT2D eigenvalue weighted by atomic mass is 35.5. The van der Waals surface area contributed by atoms with Gasteiger partial charge in [0.1, 0.15) is 5.75 Å². The number of hydrogen-bond acceptors (Lipinski definition) is 4. The summed E-state index contributed by atoms with van der Waals surface area (Å²) in [6, 6.07) is 11.1. The van der Waals surface area contributed by atoms with E-state index in [9.17, 15) is 4.79 Å². The van der Waals surface area contributed by atoms with Gasteiger partial charge in [-0.05, 0) is 50.6 Å². The van der Waals surface area contributed by atoms with Gasteiger partial charge in [0.2, 0.25) is 0 Å². The molecular weight excluding hydrogens is 354 g/mol. The van der Waals surface area contributed by atoms with Crippen molar-refractivity contribution in [1.82, 2.24) is 5.32 Å². The maximum atomic E-state index is 12.3. The van der Waals surface area contributed by atoms with Crippen LogP contribution in [0.4, 0.5) is 0 Å². The second-order valence-electron chi connectivity index (χ2n) is 5.83. The number of methoxy groups -OCH3 is 1. The van der Waals surface area contributed by atoms with E-state index in [1.165, 1.54) is 0 Å². The lowest BCUT2D eigenvalue weighted by Gasteiger charge is -2.16. The van der Waals surface area contributed by atoms with E-state index in [0.29, 0.717) is 35.4 Å². The van der Waals surface area contributed by atoms with Gasteiger partial charge in [-0.3, -0.25) is 4.79 Å². The summed E-state index contributed by atoms with van der Waals surface area (Å²) in [5.41, 5.74) is 1.95. The third kappa shape index (κ3) is 5.30. The number of carbonyl (C=O) groups is 1. The Kier molecular flexibility index (Phi) is 7.16. The number of carbonyl (C=O) groups excluding carboxylic acids is 1. The second-order valence-corrected chi connectivity index (χ2v) is 6.24. The highest BCUT2D eigenvalue weighted by Crippen LogP contribution is 2.36. The molecule has 0 saturated carbocycles. The van der Waals surface area contributed by atoms with E-state index < -0.39 is 6.10 Å². The number of ether oxygens (including phenoxy) is 3. The molecule has 0 fully saturated rings.